The molecule has 8 heteroatoms. The van der Waals surface area contributed by atoms with E-state index in [9.17, 15) is 9.59 Å². The second-order valence-corrected chi connectivity index (χ2v) is 7.78. The van der Waals surface area contributed by atoms with Crippen molar-refractivity contribution in [2.24, 2.45) is 0 Å². The molecule has 0 radical (unpaired) electrons. The quantitative estimate of drug-likeness (QED) is 0.479. The molecule has 7 nitrogen and oxygen atoms in total. The molecular weight excluding hydrogens is 400 g/mol. The lowest BCUT2D eigenvalue weighted by Gasteiger charge is -2.11. The average molecular weight is 420 g/mol. The van der Waals surface area contributed by atoms with Gasteiger partial charge in [-0.05, 0) is 29.8 Å². The first-order valence-electron chi connectivity index (χ1n) is 9.36. The summed E-state index contributed by atoms with van der Waals surface area (Å²) in [6, 6.07) is 17.1. The zero-order valence-corrected chi connectivity index (χ0v) is 17.4. The monoisotopic (exact) mass is 420 g/mol. The van der Waals surface area contributed by atoms with Gasteiger partial charge in [-0.2, -0.15) is 10.1 Å². The molecule has 0 fully saturated rings. The maximum Gasteiger partial charge on any atom is 0.296 e. The van der Waals surface area contributed by atoms with E-state index in [1.54, 1.807) is 18.6 Å². The van der Waals surface area contributed by atoms with Crippen LogP contribution in [0, 0.1) is 0 Å². The van der Waals surface area contributed by atoms with Crippen molar-refractivity contribution in [1.29, 1.82) is 0 Å². The molecule has 0 spiro atoms. The van der Waals surface area contributed by atoms with Crippen molar-refractivity contribution in [3.8, 4) is 17.0 Å². The highest BCUT2D eigenvalue weighted by Crippen LogP contribution is 2.26. The van der Waals surface area contributed by atoms with Gasteiger partial charge in [0.05, 0.1) is 5.69 Å². The second kappa shape index (κ2) is 8.46. The van der Waals surface area contributed by atoms with Gasteiger partial charge in [0.15, 0.2) is 6.61 Å². The van der Waals surface area contributed by atoms with E-state index in [0.717, 1.165) is 16.8 Å². The van der Waals surface area contributed by atoms with Crippen LogP contribution in [0.5, 0.6) is 5.75 Å². The second-order valence-electron chi connectivity index (χ2n) is 6.94. The Kier molecular flexibility index (Phi) is 5.58. The van der Waals surface area contributed by atoms with Gasteiger partial charge in [-0.15, -0.1) is 11.3 Å². The molecule has 0 unspecified atom stereocenters. The van der Waals surface area contributed by atoms with E-state index in [2.05, 4.69) is 10.1 Å². The fraction of sp³-hybridized carbons (Fsp3) is 0.182. The fourth-order valence-electron chi connectivity index (χ4n) is 2.88. The van der Waals surface area contributed by atoms with Crippen molar-refractivity contribution >= 4 is 22.2 Å². The Morgan fingerprint density at radius 3 is 2.53 bits per heavy atom. The molecule has 0 saturated heterocycles. The van der Waals surface area contributed by atoms with E-state index in [0.29, 0.717) is 22.8 Å². The van der Waals surface area contributed by atoms with Gasteiger partial charge >= 0.3 is 0 Å². The molecule has 0 aliphatic heterocycles. The molecule has 0 aliphatic carbocycles. The summed E-state index contributed by atoms with van der Waals surface area (Å²) < 4.78 is 7.23. The Morgan fingerprint density at radius 2 is 1.83 bits per heavy atom. The number of aromatic nitrogens is 3. The normalized spacial score (nSPS) is 10.9. The minimum absolute atomic E-state index is 0.0108. The first-order valence-corrected chi connectivity index (χ1v) is 10.2. The molecule has 0 saturated carbocycles. The fourth-order valence-corrected chi connectivity index (χ4v) is 3.71. The number of thiazole rings is 1. The molecule has 1 amide bonds. The number of fused-ring (bicyclic) bond motifs is 1. The van der Waals surface area contributed by atoms with E-state index in [1.807, 2.05) is 60.0 Å². The van der Waals surface area contributed by atoms with Crippen molar-refractivity contribution in [3.63, 3.8) is 0 Å². The Morgan fingerprint density at radius 1 is 1.10 bits per heavy atom. The third-order valence-electron chi connectivity index (χ3n) is 4.58. The highest BCUT2D eigenvalue weighted by atomic mass is 32.1. The van der Waals surface area contributed by atoms with Crippen LogP contribution in [0.4, 0.5) is 0 Å². The Balaban J connectivity index is 1.60. The lowest BCUT2D eigenvalue weighted by atomic mass is 10.1. The maximum atomic E-state index is 12.4. The van der Waals surface area contributed by atoms with Crippen LogP contribution in [0.1, 0.15) is 11.3 Å². The summed E-state index contributed by atoms with van der Waals surface area (Å²) >= 11 is 1.37. The summed E-state index contributed by atoms with van der Waals surface area (Å²) in [5, 5.41) is 6.50. The van der Waals surface area contributed by atoms with Gasteiger partial charge in [0.2, 0.25) is 4.96 Å². The molecular formula is C22H20N4O3S. The first kappa shape index (κ1) is 19.8. The van der Waals surface area contributed by atoms with Gasteiger partial charge in [0.25, 0.3) is 11.5 Å². The summed E-state index contributed by atoms with van der Waals surface area (Å²) in [5.41, 5.74) is 2.86. The summed E-state index contributed by atoms with van der Waals surface area (Å²) in [6.45, 7) is -0.0108. The summed E-state index contributed by atoms with van der Waals surface area (Å²) in [7, 11) is 3.38. The number of amides is 1. The van der Waals surface area contributed by atoms with Crippen molar-refractivity contribution in [2.75, 3.05) is 20.7 Å². The standard InChI is InChI=1S/C22H20N4O3S/c1-25(2)20(27)13-29-17-10-8-16(9-11-17)19-14-30-22-23-21(28)18(24-26(19)22)12-15-6-4-3-5-7-15/h3-11,14H,12-13H2,1-2H3. The number of carbonyl (C=O) groups is 1. The molecule has 2 aromatic heterocycles. The van der Waals surface area contributed by atoms with Gasteiger partial charge in [0.1, 0.15) is 11.4 Å². The molecule has 0 bridgehead atoms. The molecule has 0 aliphatic rings. The zero-order chi connectivity index (χ0) is 21.1. The van der Waals surface area contributed by atoms with E-state index >= 15 is 0 Å². The molecule has 2 aromatic carbocycles. The van der Waals surface area contributed by atoms with E-state index < -0.39 is 0 Å². The van der Waals surface area contributed by atoms with Crippen molar-refractivity contribution in [2.45, 2.75) is 6.42 Å². The number of rotatable bonds is 6. The van der Waals surface area contributed by atoms with Gasteiger partial charge < -0.3 is 9.64 Å². The third kappa shape index (κ3) is 4.23. The predicted octanol–water partition coefficient (Wildman–Crippen LogP) is 2.88. The van der Waals surface area contributed by atoms with Gasteiger partial charge in [-0.1, -0.05) is 30.3 Å². The predicted molar refractivity (Wildman–Crippen MR) is 116 cm³/mol. The number of hydrogen-bond donors (Lipinski definition) is 0. The number of nitrogens with zero attached hydrogens (tertiary/aromatic N) is 4. The minimum atomic E-state index is -0.304. The summed E-state index contributed by atoms with van der Waals surface area (Å²) in [6.07, 6.45) is 0.428. The van der Waals surface area contributed by atoms with Crippen LogP contribution in [0.2, 0.25) is 0 Å². The number of benzene rings is 2. The largest absolute Gasteiger partial charge is 0.484 e. The molecule has 0 N–H and O–H groups in total. The Labute approximate surface area is 177 Å². The number of hydrogen-bond acceptors (Lipinski definition) is 6. The average Bonchev–Trinajstić information content (AvgIpc) is 3.15. The van der Waals surface area contributed by atoms with E-state index in [4.69, 9.17) is 4.74 Å². The molecule has 4 aromatic rings. The lowest BCUT2D eigenvalue weighted by molar-refractivity contribution is -0.130. The molecule has 0 atom stereocenters. The van der Waals surface area contributed by atoms with Crippen LogP contribution >= 0.6 is 11.3 Å². The van der Waals surface area contributed by atoms with E-state index in [-0.39, 0.29) is 18.1 Å². The van der Waals surface area contributed by atoms with Gasteiger partial charge in [-0.25, -0.2) is 4.52 Å². The smallest absolute Gasteiger partial charge is 0.296 e. The van der Waals surface area contributed by atoms with Crippen LogP contribution in [0.3, 0.4) is 0 Å². The van der Waals surface area contributed by atoms with Crippen LogP contribution in [0.25, 0.3) is 16.2 Å². The van der Waals surface area contributed by atoms with Gasteiger partial charge in [0, 0.05) is 31.5 Å². The lowest BCUT2D eigenvalue weighted by Crippen LogP contribution is -2.27. The Hall–Kier alpha value is -3.52. The first-order chi connectivity index (χ1) is 14.5. The molecule has 30 heavy (non-hydrogen) atoms. The van der Waals surface area contributed by atoms with Crippen LogP contribution in [-0.4, -0.2) is 46.1 Å². The summed E-state index contributed by atoms with van der Waals surface area (Å²) in [5.74, 6) is 0.504. The number of ether oxygens (including phenoxy) is 1. The number of carbonyl (C=O) groups excluding carboxylic acids is 1. The molecule has 2 heterocycles. The highest BCUT2D eigenvalue weighted by molar-refractivity contribution is 7.15. The molecule has 4 rings (SSSR count). The van der Waals surface area contributed by atoms with Crippen LogP contribution in [-0.2, 0) is 11.2 Å². The number of likely N-dealkylation sites (N-methyl/N-ethyl adjacent to an activating group) is 1. The third-order valence-corrected chi connectivity index (χ3v) is 5.39. The molecule has 152 valence electrons. The summed E-state index contributed by atoms with van der Waals surface area (Å²) in [4.78, 5) is 30.3. The Bertz CT molecular complexity index is 1230. The topological polar surface area (TPSA) is 76.8 Å². The van der Waals surface area contributed by atoms with Crippen LogP contribution < -0.4 is 10.3 Å². The SMILES string of the molecule is CN(C)C(=O)COc1ccc(-c2csc3nc(=O)c(Cc4ccccc4)nn23)cc1. The highest BCUT2D eigenvalue weighted by Gasteiger charge is 2.13. The zero-order valence-electron chi connectivity index (χ0n) is 16.6. The van der Waals surface area contributed by atoms with Crippen molar-refractivity contribution in [1.82, 2.24) is 19.5 Å². The maximum absolute atomic E-state index is 12.4. The van der Waals surface area contributed by atoms with Gasteiger partial charge in [-0.3, -0.25) is 9.59 Å². The minimum Gasteiger partial charge on any atom is -0.484 e. The van der Waals surface area contributed by atoms with Crippen molar-refractivity contribution in [3.05, 3.63) is 81.6 Å². The van der Waals surface area contributed by atoms with Crippen LogP contribution in [0.15, 0.2) is 64.8 Å². The van der Waals surface area contributed by atoms with E-state index in [1.165, 1.54) is 16.2 Å². The van der Waals surface area contributed by atoms with Crippen molar-refractivity contribution < 1.29 is 9.53 Å².